The summed E-state index contributed by atoms with van der Waals surface area (Å²) in [5.74, 6) is -2.44. The molecule has 7 nitrogen and oxygen atoms in total. The Balaban J connectivity index is 1.83. The van der Waals surface area contributed by atoms with Crippen LogP contribution in [0.4, 0.5) is 23.2 Å². The fourth-order valence-electron chi connectivity index (χ4n) is 2.70. The van der Waals surface area contributed by atoms with Gasteiger partial charge in [-0.25, -0.2) is 13.9 Å². The Morgan fingerprint density at radius 1 is 1.16 bits per heavy atom. The highest BCUT2D eigenvalue weighted by Gasteiger charge is 2.42. The molecule has 0 saturated heterocycles. The molecule has 1 N–H and O–H groups in total. The molecule has 0 spiro atoms. The maximum Gasteiger partial charge on any atom is 0.435 e. The number of esters is 1. The minimum atomic E-state index is -4.98. The van der Waals surface area contributed by atoms with Gasteiger partial charge in [-0.15, -0.1) is 5.10 Å². The molecule has 0 aliphatic carbocycles. The van der Waals surface area contributed by atoms with Gasteiger partial charge in [-0.1, -0.05) is 23.4 Å². The van der Waals surface area contributed by atoms with Crippen LogP contribution in [-0.2, 0) is 15.7 Å². The van der Waals surface area contributed by atoms with E-state index in [1.807, 2.05) is 0 Å². The lowest BCUT2D eigenvalue weighted by Crippen LogP contribution is -2.21. The number of hydrogen-bond donors (Lipinski definition) is 1. The van der Waals surface area contributed by atoms with Crippen molar-refractivity contribution in [3.8, 4) is 5.69 Å². The summed E-state index contributed by atoms with van der Waals surface area (Å²) in [6.07, 6.45) is -2.28. The van der Waals surface area contributed by atoms with Crippen LogP contribution in [0, 0.1) is 5.82 Å². The van der Waals surface area contributed by atoms with E-state index in [1.54, 1.807) is 19.1 Å². The lowest BCUT2D eigenvalue weighted by Gasteiger charge is -2.11. The molecule has 1 heterocycles. The topological polar surface area (TPSA) is 86.1 Å². The van der Waals surface area contributed by atoms with Crippen molar-refractivity contribution in [3.05, 3.63) is 77.4 Å². The van der Waals surface area contributed by atoms with Gasteiger partial charge in [0, 0.05) is 11.8 Å². The van der Waals surface area contributed by atoms with Crippen LogP contribution in [0.1, 0.15) is 28.7 Å². The van der Waals surface area contributed by atoms with E-state index in [-0.39, 0.29) is 18.0 Å². The Morgan fingerprint density at radius 3 is 2.50 bits per heavy atom. The normalized spacial score (nSPS) is 11.5. The van der Waals surface area contributed by atoms with Gasteiger partial charge in [-0.05, 0) is 48.9 Å². The molecule has 1 aromatic heterocycles. The highest BCUT2D eigenvalue weighted by Crippen LogP contribution is 2.33. The molecular weight excluding hydrogens is 432 g/mol. The zero-order chi connectivity index (χ0) is 23.3. The number of benzene rings is 2. The van der Waals surface area contributed by atoms with E-state index in [0.29, 0.717) is 10.2 Å². The minimum absolute atomic E-state index is 0.191. The average Bonchev–Trinajstić information content (AvgIpc) is 3.20. The fraction of sp³-hybridized carbons (Fsp3) is 0.143. The first-order valence-corrected chi connectivity index (χ1v) is 9.24. The van der Waals surface area contributed by atoms with Crippen molar-refractivity contribution in [2.45, 2.75) is 13.1 Å². The third-order valence-electron chi connectivity index (χ3n) is 4.07. The van der Waals surface area contributed by atoms with Crippen molar-refractivity contribution in [2.75, 3.05) is 11.9 Å². The van der Waals surface area contributed by atoms with Crippen LogP contribution in [0.15, 0.2) is 54.6 Å². The van der Waals surface area contributed by atoms with Crippen LogP contribution in [0.5, 0.6) is 0 Å². The number of ether oxygens (including phenoxy) is 1. The van der Waals surface area contributed by atoms with Crippen LogP contribution in [0.2, 0.25) is 0 Å². The minimum Gasteiger partial charge on any atom is -0.463 e. The van der Waals surface area contributed by atoms with Crippen molar-refractivity contribution < 1.29 is 31.9 Å². The SMILES string of the molecule is CCOC(=O)/C=C/c1ccc(NC(=O)c2nnn(-c3cccc(F)c3)c2C(F)(F)F)cc1. The van der Waals surface area contributed by atoms with E-state index in [4.69, 9.17) is 4.74 Å². The number of carbonyl (C=O) groups excluding carboxylic acids is 2. The summed E-state index contributed by atoms with van der Waals surface area (Å²) in [6.45, 7) is 1.90. The Bertz CT molecular complexity index is 1150. The molecule has 3 aromatic rings. The molecule has 0 radical (unpaired) electrons. The van der Waals surface area contributed by atoms with Gasteiger partial charge in [-0.3, -0.25) is 4.79 Å². The number of hydrogen-bond acceptors (Lipinski definition) is 5. The Morgan fingerprint density at radius 2 is 1.88 bits per heavy atom. The number of nitrogens with zero attached hydrogens (tertiary/aromatic N) is 3. The molecule has 0 atom stereocenters. The third-order valence-corrected chi connectivity index (χ3v) is 4.07. The second-order valence-corrected chi connectivity index (χ2v) is 6.34. The Hall–Kier alpha value is -4.02. The first kappa shape index (κ1) is 22.7. The maximum atomic E-state index is 13.7. The van der Waals surface area contributed by atoms with E-state index in [0.717, 1.165) is 12.1 Å². The predicted octanol–water partition coefficient (Wildman–Crippen LogP) is 4.25. The summed E-state index contributed by atoms with van der Waals surface area (Å²) in [5, 5.41) is 9.07. The first-order valence-electron chi connectivity index (χ1n) is 9.24. The van der Waals surface area contributed by atoms with Gasteiger partial charge in [0.15, 0.2) is 11.4 Å². The standard InChI is InChI=1S/C21H16F4N4O3/c1-2-32-17(30)11-8-13-6-9-15(10-7-13)26-20(31)18-19(21(23,24)25)29(28-27-18)16-5-3-4-14(22)12-16/h3-12H,2H2,1H3,(H,26,31)/b11-8+. The van der Waals surface area contributed by atoms with E-state index >= 15 is 0 Å². The number of nitrogens with one attached hydrogen (secondary N) is 1. The molecule has 0 aliphatic rings. The van der Waals surface area contributed by atoms with Gasteiger partial charge in [0.2, 0.25) is 0 Å². The molecule has 3 rings (SSSR count). The van der Waals surface area contributed by atoms with Crippen LogP contribution < -0.4 is 5.32 Å². The van der Waals surface area contributed by atoms with E-state index in [9.17, 15) is 27.2 Å². The summed E-state index contributed by atoms with van der Waals surface area (Å²) < 4.78 is 59.6. The first-order chi connectivity index (χ1) is 15.2. The number of halogens is 4. The molecule has 0 fully saturated rings. The molecule has 11 heteroatoms. The molecule has 0 unspecified atom stereocenters. The van der Waals surface area contributed by atoms with E-state index in [2.05, 4.69) is 15.6 Å². The number of aromatic nitrogens is 3. The molecule has 166 valence electrons. The smallest absolute Gasteiger partial charge is 0.435 e. The van der Waals surface area contributed by atoms with Gasteiger partial charge in [0.05, 0.1) is 12.3 Å². The van der Waals surface area contributed by atoms with Crippen molar-refractivity contribution in [1.29, 1.82) is 0 Å². The fourth-order valence-corrected chi connectivity index (χ4v) is 2.70. The molecule has 0 bridgehead atoms. The molecule has 0 saturated carbocycles. The maximum absolute atomic E-state index is 13.7. The summed E-state index contributed by atoms with van der Waals surface area (Å²) in [5.41, 5.74) is -1.84. The van der Waals surface area contributed by atoms with Crippen LogP contribution in [0.3, 0.4) is 0 Å². The summed E-state index contributed by atoms with van der Waals surface area (Å²) in [6, 6.07) is 10.3. The highest BCUT2D eigenvalue weighted by molar-refractivity contribution is 6.03. The average molecular weight is 448 g/mol. The molecule has 0 aliphatic heterocycles. The highest BCUT2D eigenvalue weighted by atomic mass is 19.4. The monoisotopic (exact) mass is 448 g/mol. The molecular formula is C21H16F4N4O3. The summed E-state index contributed by atoms with van der Waals surface area (Å²) in [4.78, 5) is 23.8. The number of amides is 1. The van der Waals surface area contributed by atoms with Crippen molar-refractivity contribution in [1.82, 2.24) is 15.0 Å². The van der Waals surface area contributed by atoms with Gasteiger partial charge in [-0.2, -0.15) is 13.2 Å². The summed E-state index contributed by atoms with van der Waals surface area (Å²) >= 11 is 0. The quantitative estimate of drug-likeness (QED) is 0.346. The molecule has 2 aromatic carbocycles. The van der Waals surface area contributed by atoms with Crippen LogP contribution >= 0.6 is 0 Å². The van der Waals surface area contributed by atoms with Gasteiger partial charge in [0.1, 0.15) is 5.82 Å². The predicted molar refractivity (Wildman–Crippen MR) is 106 cm³/mol. The number of rotatable bonds is 6. The van der Waals surface area contributed by atoms with Gasteiger partial charge in [0.25, 0.3) is 5.91 Å². The molecule has 1 amide bonds. The van der Waals surface area contributed by atoms with E-state index < -0.39 is 35.3 Å². The second-order valence-electron chi connectivity index (χ2n) is 6.34. The number of carbonyl (C=O) groups is 2. The Kier molecular flexibility index (Phi) is 6.67. The zero-order valence-electron chi connectivity index (χ0n) is 16.6. The van der Waals surface area contributed by atoms with Crippen LogP contribution in [0.25, 0.3) is 11.8 Å². The second kappa shape index (κ2) is 9.41. The van der Waals surface area contributed by atoms with Crippen molar-refractivity contribution in [2.24, 2.45) is 0 Å². The Labute approximate surface area is 179 Å². The largest absolute Gasteiger partial charge is 0.463 e. The van der Waals surface area contributed by atoms with E-state index in [1.165, 1.54) is 36.4 Å². The van der Waals surface area contributed by atoms with Gasteiger partial charge < -0.3 is 10.1 Å². The lowest BCUT2D eigenvalue weighted by molar-refractivity contribution is -0.143. The van der Waals surface area contributed by atoms with Crippen molar-refractivity contribution in [3.63, 3.8) is 0 Å². The lowest BCUT2D eigenvalue weighted by atomic mass is 10.2. The third kappa shape index (κ3) is 5.36. The van der Waals surface area contributed by atoms with Crippen molar-refractivity contribution >= 4 is 23.6 Å². The van der Waals surface area contributed by atoms with Gasteiger partial charge >= 0.3 is 12.1 Å². The number of alkyl halides is 3. The molecule has 32 heavy (non-hydrogen) atoms. The zero-order valence-corrected chi connectivity index (χ0v) is 16.6. The summed E-state index contributed by atoms with van der Waals surface area (Å²) in [7, 11) is 0. The van der Waals surface area contributed by atoms with Crippen LogP contribution in [-0.4, -0.2) is 33.5 Å². The number of anilines is 1.